The molecule has 0 aliphatic heterocycles. The molecule has 1 amide bonds. The molecule has 3 aromatic rings. The molecular weight excluding hydrogens is 386 g/mol. The zero-order chi connectivity index (χ0) is 22.2. The quantitative estimate of drug-likeness (QED) is 0.577. The molecule has 1 N–H and O–H groups in total. The monoisotopic (exact) mass is 413 g/mol. The molecule has 0 aromatic heterocycles. The van der Waals surface area contributed by atoms with Gasteiger partial charge in [-0.25, -0.2) is 0 Å². The third-order valence-corrected chi connectivity index (χ3v) is 5.72. The van der Waals surface area contributed by atoms with Gasteiger partial charge in [0.05, 0.1) is 6.04 Å². The minimum absolute atomic E-state index is 0.00497. The summed E-state index contributed by atoms with van der Waals surface area (Å²) in [5.74, 6) is -0.831. The van der Waals surface area contributed by atoms with Crippen molar-refractivity contribution in [3.05, 3.63) is 95.1 Å². The zero-order valence-electron chi connectivity index (χ0n) is 18.3. The van der Waals surface area contributed by atoms with E-state index in [0.29, 0.717) is 5.56 Å². The third-order valence-electron chi connectivity index (χ3n) is 5.72. The van der Waals surface area contributed by atoms with Crippen molar-refractivity contribution in [3.63, 3.8) is 0 Å². The maximum Gasteiger partial charge on any atom is 0.303 e. The Bertz CT molecular complexity index is 1080. The topological polar surface area (TPSA) is 55.4 Å². The van der Waals surface area contributed by atoms with Crippen molar-refractivity contribution in [2.75, 3.05) is 0 Å². The first-order valence-electron chi connectivity index (χ1n) is 10.5. The van der Waals surface area contributed by atoms with Crippen molar-refractivity contribution in [1.29, 1.82) is 0 Å². The molecule has 4 nitrogen and oxygen atoms in total. The molecule has 0 heterocycles. The summed E-state index contributed by atoms with van der Waals surface area (Å²) in [5.41, 5.74) is 6.11. The molecule has 31 heavy (non-hydrogen) atoms. The number of esters is 1. The van der Waals surface area contributed by atoms with Gasteiger partial charge in [0, 0.05) is 12.5 Å². The lowest BCUT2D eigenvalue weighted by molar-refractivity contribution is -0.154. The summed E-state index contributed by atoms with van der Waals surface area (Å²) in [7, 11) is 0. The van der Waals surface area contributed by atoms with Crippen LogP contribution in [0.25, 0.3) is 11.1 Å². The van der Waals surface area contributed by atoms with E-state index in [-0.39, 0.29) is 17.4 Å². The highest BCUT2D eigenvalue weighted by molar-refractivity contribution is 5.87. The fraction of sp³-hybridized carbons (Fsp3) is 0.259. The van der Waals surface area contributed by atoms with Crippen LogP contribution in [0.4, 0.5) is 0 Å². The van der Waals surface area contributed by atoms with Gasteiger partial charge in [-0.3, -0.25) is 9.59 Å². The normalized spacial score (nSPS) is 13.8. The Morgan fingerprint density at radius 3 is 1.84 bits per heavy atom. The molecule has 158 valence electrons. The van der Waals surface area contributed by atoms with E-state index >= 15 is 0 Å². The maximum absolute atomic E-state index is 13.3. The number of rotatable bonds is 4. The van der Waals surface area contributed by atoms with Crippen LogP contribution in [0.1, 0.15) is 62.1 Å². The first-order valence-corrected chi connectivity index (χ1v) is 10.5. The van der Waals surface area contributed by atoms with Crippen LogP contribution in [0.3, 0.4) is 0 Å². The van der Waals surface area contributed by atoms with Gasteiger partial charge in [0.2, 0.25) is 6.10 Å². The summed E-state index contributed by atoms with van der Waals surface area (Å²) >= 11 is 0. The second-order valence-corrected chi connectivity index (χ2v) is 8.98. The predicted octanol–water partition coefficient (Wildman–Crippen LogP) is 5.47. The third kappa shape index (κ3) is 4.11. The van der Waals surface area contributed by atoms with Gasteiger partial charge in [-0.05, 0) is 33.2 Å². The highest BCUT2D eigenvalue weighted by atomic mass is 16.5. The molecule has 0 saturated carbocycles. The molecule has 0 fully saturated rings. The van der Waals surface area contributed by atoms with E-state index in [1.807, 2.05) is 60.7 Å². The molecular formula is C27H27NO3. The van der Waals surface area contributed by atoms with Gasteiger partial charge in [0.1, 0.15) is 0 Å². The minimum Gasteiger partial charge on any atom is -0.447 e. The van der Waals surface area contributed by atoms with E-state index in [4.69, 9.17) is 4.74 Å². The van der Waals surface area contributed by atoms with Crippen molar-refractivity contribution < 1.29 is 14.3 Å². The van der Waals surface area contributed by atoms with Crippen molar-refractivity contribution in [1.82, 2.24) is 5.32 Å². The number of fused-ring (bicyclic) bond motifs is 3. The van der Waals surface area contributed by atoms with Gasteiger partial charge >= 0.3 is 5.97 Å². The van der Waals surface area contributed by atoms with Gasteiger partial charge < -0.3 is 10.1 Å². The van der Waals surface area contributed by atoms with E-state index in [2.05, 4.69) is 38.2 Å². The standard InChI is InChI=1S/C27H27NO3/c1-17(29)31-25(18-13-15-19(16-14-18)27(2,3)4)26(30)28-24-22-11-7-5-9-20(22)21-10-6-8-12-23(21)24/h5-16,24-25H,1-4H3,(H,28,30). The lowest BCUT2D eigenvalue weighted by atomic mass is 9.86. The van der Waals surface area contributed by atoms with Gasteiger partial charge in [-0.2, -0.15) is 0 Å². The Morgan fingerprint density at radius 1 is 0.839 bits per heavy atom. The number of benzene rings is 3. The SMILES string of the molecule is CC(=O)OC(C(=O)NC1c2ccccc2-c2ccccc21)c1ccc(C(C)(C)C)cc1. The summed E-state index contributed by atoms with van der Waals surface area (Å²) in [6.45, 7) is 7.72. The molecule has 1 aliphatic carbocycles. The Hall–Kier alpha value is -3.40. The molecule has 1 unspecified atom stereocenters. The van der Waals surface area contributed by atoms with Crippen molar-refractivity contribution in [2.24, 2.45) is 0 Å². The Balaban J connectivity index is 1.65. The van der Waals surface area contributed by atoms with Crippen molar-refractivity contribution in [2.45, 2.75) is 45.3 Å². The summed E-state index contributed by atoms with van der Waals surface area (Å²) in [5, 5.41) is 3.12. The van der Waals surface area contributed by atoms with Gasteiger partial charge in [0.15, 0.2) is 0 Å². The number of nitrogens with one attached hydrogen (secondary N) is 1. The molecule has 0 spiro atoms. The second kappa shape index (κ2) is 8.03. The number of hydrogen-bond donors (Lipinski definition) is 1. The minimum atomic E-state index is -1.01. The smallest absolute Gasteiger partial charge is 0.303 e. The molecule has 1 atom stereocenters. The van der Waals surface area contributed by atoms with Crippen LogP contribution in [0.2, 0.25) is 0 Å². The van der Waals surface area contributed by atoms with Crippen LogP contribution < -0.4 is 5.32 Å². The lowest BCUT2D eigenvalue weighted by Gasteiger charge is -2.23. The summed E-state index contributed by atoms with van der Waals surface area (Å²) in [6.07, 6.45) is -1.01. The predicted molar refractivity (Wildman–Crippen MR) is 122 cm³/mol. The first kappa shape index (κ1) is 20.9. The Morgan fingerprint density at radius 2 is 1.35 bits per heavy atom. The summed E-state index contributed by atoms with van der Waals surface area (Å²) in [4.78, 5) is 25.1. The van der Waals surface area contributed by atoms with Gasteiger partial charge in [0.25, 0.3) is 5.91 Å². The largest absolute Gasteiger partial charge is 0.447 e. The highest BCUT2D eigenvalue weighted by Gasteiger charge is 2.33. The highest BCUT2D eigenvalue weighted by Crippen LogP contribution is 2.43. The number of amides is 1. The first-order chi connectivity index (χ1) is 14.8. The van der Waals surface area contributed by atoms with E-state index < -0.39 is 12.1 Å². The zero-order valence-corrected chi connectivity index (χ0v) is 18.3. The van der Waals surface area contributed by atoms with Crippen LogP contribution in [0, 0.1) is 0 Å². The van der Waals surface area contributed by atoms with Crippen molar-refractivity contribution in [3.8, 4) is 11.1 Å². The molecule has 0 saturated heterocycles. The molecule has 3 aromatic carbocycles. The van der Waals surface area contributed by atoms with Crippen LogP contribution >= 0.6 is 0 Å². The van der Waals surface area contributed by atoms with Crippen molar-refractivity contribution >= 4 is 11.9 Å². The van der Waals surface area contributed by atoms with Crippen LogP contribution in [-0.2, 0) is 19.7 Å². The number of ether oxygens (including phenoxy) is 1. The second-order valence-electron chi connectivity index (χ2n) is 8.98. The van der Waals surface area contributed by atoms with E-state index in [1.54, 1.807) is 0 Å². The van der Waals surface area contributed by atoms with Gasteiger partial charge in [-0.1, -0.05) is 93.6 Å². The molecule has 0 bridgehead atoms. The number of carbonyl (C=O) groups is 2. The summed E-state index contributed by atoms with van der Waals surface area (Å²) in [6, 6.07) is 23.5. The van der Waals surface area contributed by atoms with Crippen LogP contribution in [0.5, 0.6) is 0 Å². The molecule has 0 radical (unpaired) electrons. The fourth-order valence-corrected chi connectivity index (χ4v) is 4.13. The number of hydrogen-bond acceptors (Lipinski definition) is 3. The van der Waals surface area contributed by atoms with E-state index in [0.717, 1.165) is 27.8 Å². The summed E-state index contributed by atoms with van der Waals surface area (Å²) < 4.78 is 5.46. The molecule has 4 heteroatoms. The van der Waals surface area contributed by atoms with E-state index in [1.165, 1.54) is 6.92 Å². The molecule has 1 aliphatic rings. The lowest BCUT2D eigenvalue weighted by Crippen LogP contribution is -2.34. The maximum atomic E-state index is 13.3. The van der Waals surface area contributed by atoms with Gasteiger partial charge in [-0.15, -0.1) is 0 Å². The Kier molecular flexibility index (Phi) is 5.40. The Labute approximate surface area is 183 Å². The van der Waals surface area contributed by atoms with Crippen LogP contribution in [-0.4, -0.2) is 11.9 Å². The molecule has 4 rings (SSSR count). The average molecular weight is 414 g/mol. The van der Waals surface area contributed by atoms with Crippen LogP contribution in [0.15, 0.2) is 72.8 Å². The fourth-order valence-electron chi connectivity index (χ4n) is 4.13. The number of carbonyl (C=O) groups excluding carboxylic acids is 2. The van der Waals surface area contributed by atoms with E-state index in [9.17, 15) is 9.59 Å². The average Bonchev–Trinajstić information content (AvgIpc) is 3.05.